The summed E-state index contributed by atoms with van der Waals surface area (Å²) in [7, 11) is -3.29. The number of rotatable bonds is 7. The highest BCUT2D eigenvalue weighted by Gasteiger charge is 2.20. The van der Waals surface area contributed by atoms with Crippen LogP contribution in [0.3, 0.4) is 0 Å². The van der Waals surface area contributed by atoms with Crippen molar-refractivity contribution in [2.24, 2.45) is 0 Å². The van der Waals surface area contributed by atoms with Crippen LogP contribution in [0.25, 0.3) is 0 Å². The molecule has 1 rings (SSSR count). The van der Waals surface area contributed by atoms with Crippen LogP contribution in [0, 0.1) is 0 Å². The maximum absolute atomic E-state index is 12.0. The summed E-state index contributed by atoms with van der Waals surface area (Å²) < 4.78 is 26.6. The predicted octanol–water partition coefficient (Wildman–Crippen LogP) is 2.40. The van der Waals surface area contributed by atoms with Crippen molar-refractivity contribution in [2.45, 2.75) is 52.0 Å². The van der Waals surface area contributed by atoms with E-state index in [0.717, 1.165) is 25.1 Å². The van der Waals surface area contributed by atoms with E-state index < -0.39 is 15.6 Å². The van der Waals surface area contributed by atoms with Crippen molar-refractivity contribution < 1.29 is 8.42 Å². The van der Waals surface area contributed by atoms with E-state index >= 15 is 0 Å². The van der Waals surface area contributed by atoms with Gasteiger partial charge < -0.3 is 5.32 Å². The second-order valence-corrected chi connectivity index (χ2v) is 7.83. The molecule has 2 N–H and O–H groups in total. The van der Waals surface area contributed by atoms with Crippen molar-refractivity contribution in [3.8, 4) is 0 Å². The van der Waals surface area contributed by atoms with E-state index in [1.54, 1.807) is 0 Å². The zero-order chi connectivity index (χ0) is 15.2. The molecule has 0 atom stereocenters. The van der Waals surface area contributed by atoms with Gasteiger partial charge in [0.1, 0.15) is 0 Å². The van der Waals surface area contributed by atoms with Crippen LogP contribution >= 0.6 is 0 Å². The molecule has 0 amide bonds. The van der Waals surface area contributed by atoms with Crippen LogP contribution in [0.5, 0.6) is 0 Å². The topological polar surface area (TPSA) is 58.2 Å². The molecule has 0 heterocycles. The minimum Gasteiger partial charge on any atom is -0.313 e. The van der Waals surface area contributed by atoms with Gasteiger partial charge in [0, 0.05) is 12.1 Å². The van der Waals surface area contributed by atoms with Crippen molar-refractivity contribution in [1.82, 2.24) is 10.0 Å². The molecular formula is C15H26N2O2S. The molecule has 4 nitrogen and oxygen atoms in total. The van der Waals surface area contributed by atoms with Crippen molar-refractivity contribution in [3.05, 3.63) is 35.4 Å². The monoisotopic (exact) mass is 298 g/mol. The minimum absolute atomic E-state index is 0.0208. The molecule has 0 aromatic heterocycles. The average molecular weight is 298 g/mol. The summed E-state index contributed by atoms with van der Waals surface area (Å²) in [5, 5.41) is 3.32. The molecule has 0 spiro atoms. The van der Waals surface area contributed by atoms with Crippen molar-refractivity contribution in [2.75, 3.05) is 6.54 Å². The third-order valence-corrected chi connectivity index (χ3v) is 4.23. The van der Waals surface area contributed by atoms with Gasteiger partial charge in [-0.2, -0.15) is 0 Å². The van der Waals surface area contributed by atoms with Gasteiger partial charge in [-0.3, -0.25) is 0 Å². The van der Waals surface area contributed by atoms with Gasteiger partial charge in [-0.15, -0.1) is 0 Å². The fraction of sp³-hybridized carbons (Fsp3) is 0.600. The number of hydrogen-bond acceptors (Lipinski definition) is 3. The quantitative estimate of drug-likeness (QED) is 0.760. The summed E-state index contributed by atoms with van der Waals surface area (Å²) in [5.74, 6) is 0.0208. The standard InChI is InChI=1S/C15H26N2O2S/c1-5-10-16-11-13-6-8-14(9-7-13)12-20(18,19)17-15(2,3)4/h6-9,16-17H,5,10-12H2,1-4H3. The van der Waals surface area contributed by atoms with Crippen LogP contribution in [-0.4, -0.2) is 20.5 Å². The molecule has 1 aromatic carbocycles. The van der Waals surface area contributed by atoms with Crippen molar-refractivity contribution in [1.29, 1.82) is 0 Å². The maximum atomic E-state index is 12.0. The maximum Gasteiger partial charge on any atom is 0.216 e. The van der Waals surface area contributed by atoms with Crippen molar-refractivity contribution >= 4 is 10.0 Å². The Hall–Kier alpha value is -0.910. The molecule has 5 heteroatoms. The molecule has 114 valence electrons. The zero-order valence-electron chi connectivity index (χ0n) is 12.9. The van der Waals surface area contributed by atoms with Gasteiger partial charge in [0.25, 0.3) is 0 Å². The molecule has 0 aliphatic rings. The number of hydrogen-bond donors (Lipinski definition) is 2. The van der Waals surface area contributed by atoms with E-state index in [1.165, 1.54) is 5.56 Å². The first-order valence-electron chi connectivity index (χ1n) is 7.02. The van der Waals surface area contributed by atoms with Gasteiger partial charge in [-0.05, 0) is 44.9 Å². The Morgan fingerprint density at radius 1 is 1.05 bits per heavy atom. The van der Waals surface area contributed by atoms with Crippen LogP contribution in [0.1, 0.15) is 45.2 Å². The third kappa shape index (κ3) is 7.03. The van der Waals surface area contributed by atoms with Gasteiger partial charge in [0.15, 0.2) is 0 Å². The lowest BCUT2D eigenvalue weighted by Gasteiger charge is -2.20. The fourth-order valence-corrected chi connectivity index (χ4v) is 3.52. The molecule has 1 aromatic rings. The normalized spacial score (nSPS) is 12.6. The third-order valence-electron chi connectivity index (χ3n) is 2.60. The summed E-state index contributed by atoms with van der Waals surface area (Å²) >= 11 is 0. The Morgan fingerprint density at radius 2 is 1.60 bits per heavy atom. The zero-order valence-corrected chi connectivity index (χ0v) is 13.7. The predicted molar refractivity (Wildman–Crippen MR) is 84.0 cm³/mol. The fourth-order valence-electron chi connectivity index (χ4n) is 1.88. The van der Waals surface area contributed by atoms with Crippen LogP contribution in [0.15, 0.2) is 24.3 Å². The first-order chi connectivity index (χ1) is 9.22. The van der Waals surface area contributed by atoms with Gasteiger partial charge in [-0.1, -0.05) is 31.2 Å². The molecule has 0 radical (unpaired) electrons. The highest BCUT2D eigenvalue weighted by molar-refractivity contribution is 7.88. The number of sulfonamides is 1. The summed E-state index contributed by atoms with van der Waals surface area (Å²) in [5.41, 5.74) is 1.53. The molecule has 0 aliphatic heterocycles. The Kier molecular flexibility index (Phi) is 6.17. The molecule has 0 bridgehead atoms. The number of benzene rings is 1. The largest absolute Gasteiger partial charge is 0.313 e. The van der Waals surface area contributed by atoms with E-state index in [4.69, 9.17) is 0 Å². The van der Waals surface area contributed by atoms with Gasteiger partial charge >= 0.3 is 0 Å². The Bertz CT molecular complexity index is 502. The SMILES string of the molecule is CCCNCc1ccc(CS(=O)(=O)NC(C)(C)C)cc1. The highest BCUT2D eigenvalue weighted by Crippen LogP contribution is 2.10. The molecule has 0 fully saturated rings. The molecule has 0 aliphatic carbocycles. The summed E-state index contributed by atoms with van der Waals surface area (Å²) in [4.78, 5) is 0. The van der Waals surface area contributed by atoms with Crippen LogP contribution < -0.4 is 10.0 Å². The average Bonchev–Trinajstić information content (AvgIpc) is 2.28. The van der Waals surface area contributed by atoms with Crippen LogP contribution in [0.4, 0.5) is 0 Å². The molecule has 0 saturated carbocycles. The van der Waals surface area contributed by atoms with Crippen LogP contribution in [-0.2, 0) is 22.3 Å². The first kappa shape index (κ1) is 17.1. The Balaban J connectivity index is 2.61. The smallest absolute Gasteiger partial charge is 0.216 e. The highest BCUT2D eigenvalue weighted by atomic mass is 32.2. The minimum atomic E-state index is -3.29. The van der Waals surface area contributed by atoms with E-state index in [-0.39, 0.29) is 5.75 Å². The van der Waals surface area contributed by atoms with E-state index in [1.807, 2.05) is 45.0 Å². The second kappa shape index (κ2) is 7.20. The molecule has 0 saturated heterocycles. The lowest BCUT2D eigenvalue weighted by Crippen LogP contribution is -2.41. The van der Waals surface area contributed by atoms with Gasteiger partial charge in [0.2, 0.25) is 10.0 Å². The number of nitrogens with one attached hydrogen (secondary N) is 2. The lowest BCUT2D eigenvalue weighted by molar-refractivity contribution is 0.491. The van der Waals surface area contributed by atoms with E-state index in [2.05, 4.69) is 17.0 Å². The van der Waals surface area contributed by atoms with E-state index in [9.17, 15) is 8.42 Å². The lowest BCUT2D eigenvalue weighted by atomic mass is 10.1. The summed E-state index contributed by atoms with van der Waals surface area (Å²) in [6.07, 6.45) is 1.11. The van der Waals surface area contributed by atoms with Gasteiger partial charge in [-0.25, -0.2) is 13.1 Å². The van der Waals surface area contributed by atoms with E-state index in [0.29, 0.717) is 0 Å². The summed E-state index contributed by atoms with van der Waals surface area (Å²) in [6, 6.07) is 7.71. The second-order valence-electron chi connectivity index (χ2n) is 6.10. The Morgan fingerprint density at radius 3 is 2.10 bits per heavy atom. The van der Waals surface area contributed by atoms with Crippen molar-refractivity contribution in [3.63, 3.8) is 0 Å². The molecule has 20 heavy (non-hydrogen) atoms. The van der Waals surface area contributed by atoms with Crippen LogP contribution in [0.2, 0.25) is 0 Å². The Labute approximate surface area is 123 Å². The van der Waals surface area contributed by atoms with Gasteiger partial charge in [0.05, 0.1) is 5.75 Å². The first-order valence-corrected chi connectivity index (χ1v) is 8.67. The summed E-state index contributed by atoms with van der Waals surface area (Å²) in [6.45, 7) is 9.46. The molecular weight excluding hydrogens is 272 g/mol. The molecule has 0 unspecified atom stereocenters.